The quantitative estimate of drug-likeness (QED) is 0.317. The number of amides is 1. The first kappa shape index (κ1) is 23.8. The van der Waals surface area contributed by atoms with Crippen LogP contribution in [0.5, 0.6) is 0 Å². The van der Waals surface area contributed by atoms with E-state index in [4.69, 9.17) is 10.1 Å². The predicted octanol–water partition coefficient (Wildman–Crippen LogP) is 4.94. The molecular formula is C31H26N8O2. The fraction of sp³-hybridized carbons (Fsp3) is 0.194. The van der Waals surface area contributed by atoms with Gasteiger partial charge in [0, 0.05) is 66.8 Å². The van der Waals surface area contributed by atoms with Crippen molar-refractivity contribution in [2.24, 2.45) is 0 Å². The molecule has 2 N–H and O–H groups in total. The molecule has 10 nitrogen and oxygen atoms in total. The molecule has 202 valence electrons. The second-order valence-electron chi connectivity index (χ2n) is 10.8. The summed E-state index contributed by atoms with van der Waals surface area (Å²) < 4.78 is 1.94. The number of aromatic nitrogens is 6. The second kappa shape index (κ2) is 9.24. The molecule has 6 aromatic rings. The Balaban J connectivity index is 1.22. The zero-order valence-corrected chi connectivity index (χ0v) is 22.1. The van der Waals surface area contributed by atoms with E-state index in [2.05, 4.69) is 50.4 Å². The molecule has 2 saturated heterocycles. The molecule has 0 spiro atoms. The summed E-state index contributed by atoms with van der Waals surface area (Å²) in [6.45, 7) is 2.14. The Hall–Kier alpha value is -5.09. The molecule has 6 heterocycles. The minimum atomic E-state index is -0.811. The van der Waals surface area contributed by atoms with Gasteiger partial charge in [-0.15, -0.1) is 0 Å². The Labute approximate surface area is 234 Å². The number of carboxylic acid groups (broad SMARTS) is 1. The van der Waals surface area contributed by atoms with Crippen LogP contribution in [0.3, 0.4) is 0 Å². The molecule has 41 heavy (non-hydrogen) atoms. The molecule has 2 fully saturated rings. The van der Waals surface area contributed by atoms with Gasteiger partial charge in [-0.05, 0) is 47.9 Å². The monoisotopic (exact) mass is 542 g/mol. The standard InChI is InChI=1S/C31H26N8O2/c40-31(41)38-18-22-14-23(38)17-37(22)16-19-3-1-4-21(13-19)27-9-12-33-30-28(24-5-2-6-26-25(24)15-34-35-26)29(36-39(27)30)20-7-10-32-11-8-20/h1-13,15,22-23H,14,16-18H2,(H,34,35)(H,40,41)/t22-,23-/m0/s1. The number of likely N-dealkylation sites (tertiary alicyclic amines) is 2. The summed E-state index contributed by atoms with van der Waals surface area (Å²) in [6.07, 6.45) is 7.34. The molecule has 0 saturated carbocycles. The maximum Gasteiger partial charge on any atom is 0.407 e. The Bertz CT molecular complexity index is 1930. The van der Waals surface area contributed by atoms with E-state index in [1.165, 1.54) is 5.56 Å². The van der Waals surface area contributed by atoms with Gasteiger partial charge in [-0.3, -0.25) is 15.0 Å². The van der Waals surface area contributed by atoms with Crippen LogP contribution in [0.25, 0.3) is 50.2 Å². The summed E-state index contributed by atoms with van der Waals surface area (Å²) in [4.78, 5) is 24.5. The maximum absolute atomic E-state index is 11.5. The number of fused-ring (bicyclic) bond motifs is 4. The normalized spacial score (nSPS) is 18.6. The first-order valence-electron chi connectivity index (χ1n) is 13.7. The molecule has 0 aliphatic carbocycles. The van der Waals surface area contributed by atoms with Crippen molar-refractivity contribution in [2.75, 3.05) is 13.1 Å². The summed E-state index contributed by atoms with van der Waals surface area (Å²) in [5.41, 5.74) is 8.63. The van der Waals surface area contributed by atoms with E-state index in [0.29, 0.717) is 6.54 Å². The van der Waals surface area contributed by atoms with Crippen LogP contribution in [0.15, 0.2) is 85.5 Å². The number of benzene rings is 2. The lowest BCUT2D eigenvalue weighted by Crippen LogP contribution is -2.47. The lowest BCUT2D eigenvalue weighted by Gasteiger charge is -2.32. The number of piperazine rings is 1. The number of pyridine rings is 1. The topological polar surface area (TPSA) is 116 Å². The van der Waals surface area contributed by atoms with Crippen LogP contribution in [-0.4, -0.2) is 76.0 Å². The van der Waals surface area contributed by atoms with Crippen molar-refractivity contribution < 1.29 is 9.90 Å². The highest BCUT2D eigenvalue weighted by Gasteiger charge is 2.45. The van der Waals surface area contributed by atoms with Gasteiger partial charge in [0.15, 0.2) is 5.65 Å². The van der Waals surface area contributed by atoms with Gasteiger partial charge in [0.05, 0.1) is 23.0 Å². The Kier molecular flexibility index (Phi) is 5.36. The maximum atomic E-state index is 11.5. The van der Waals surface area contributed by atoms with E-state index in [1.807, 2.05) is 47.2 Å². The number of hydrogen-bond donors (Lipinski definition) is 2. The van der Waals surface area contributed by atoms with Crippen LogP contribution < -0.4 is 0 Å². The average Bonchev–Trinajstić information content (AvgIpc) is 3.80. The van der Waals surface area contributed by atoms with Gasteiger partial charge in [0.25, 0.3) is 0 Å². The smallest absolute Gasteiger partial charge is 0.407 e. The van der Waals surface area contributed by atoms with Gasteiger partial charge in [-0.2, -0.15) is 10.2 Å². The lowest BCUT2D eigenvalue weighted by atomic mass is 9.99. The number of aromatic amines is 1. The summed E-state index contributed by atoms with van der Waals surface area (Å²) in [5, 5.41) is 23.0. The molecule has 8 rings (SSSR count). The Morgan fingerprint density at radius 1 is 0.976 bits per heavy atom. The van der Waals surface area contributed by atoms with E-state index in [9.17, 15) is 9.90 Å². The number of nitrogens with zero attached hydrogens (tertiary/aromatic N) is 7. The Morgan fingerprint density at radius 2 is 1.85 bits per heavy atom. The third-order valence-electron chi connectivity index (χ3n) is 8.43. The van der Waals surface area contributed by atoms with Crippen LogP contribution >= 0.6 is 0 Å². The fourth-order valence-electron chi connectivity index (χ4n) is 6.55. The molecule has 1 amide bonds. The summed E-state index contributed by atoms with van der Waals surface area (Å²) in [7, 11) is 0. The zero-order valence-electron chi connectivity index (χ0n) is 22.1. The number of carbonyl (C=O) groups is 1. The molecule has 2 aromatic carbocycles. The molecule has 2 bridgehead atoms. The molecule has 10 heteroatoms. The Morgan fingerprint density at radius 3 is 2.68 bits per heavy atom. The van der Waals surface area contributed by atoms with E-state index < -0.39 is 6.09 Å². The minimum Gasteiger partial charge on any atom is -0.465 e. The molecule has 4 aromatic heterocycles. The van der Waals surface area contributed by atoms with Crippen molar-refractivity contribution in [1.82, 2.24) is 39.6 Å². The van der Waals surface area contributed by atoms with Gasteiger partial charge >= 0.3 is 6.09 Å². The highest BCUT2D eigenvalue weighted by atomic mass is 16.4. The molecular weight excluding hydrogens is 516 g/mol. The van der Waals surface area contributed by atoms with Crippen LogP contribution in [0.2, 0.25) is 0 Å². The second-order valence-corrected chi connectivity index (χ2v) is 10.8. The van der Waals surface area contributed by atoms with Crippen LogP contribution in [0.4, 0.5) is 4.79 Å². The van der Waals surface area contributed by atoms with Crippen LogP contribution in [0, 0.1) is 0 Å². The summed E-state index contributed by atoms with van der Waals surface area (Å²) in [5.74, 6) is 0. The van der Waals surface area contributed by atoms with Crippen LogP contribution in [0.1, 0.15) is 12.0 Å². The lowest BCUT2D eigenvalue weighted by molar-refractivity contribution is 0.100. The molecule has 0 unspecified atom stereocenters. The fourth-order valence-corrected chi connectivity index (χ4v) is 6.55. The van der Waals surface area contributed by atoms with E-state index in [-0.39, 0.29) is 12.1 Å². The highest BCUT2D eigenvalue weighted by Crippen LogP contribution is 2.39. The van der Waals surface area contributed by atoms with Gasteiger partial charge < -0.3 is 10.0 Å². The number of rotatable bonds is 5. The van der Waals surface area contributed by atoms with E-state index in [1.54, 1.807) is 17.3 Å². The van der Waals surface area contributed by atoms with Crippen molar-refractivity contribution in [1.29, 1.82) is 0 Å². The van der Waals surface area contributed by atoms with Gasteiger partial charge in [0.2, 0.25) is 0 Å². The SMILES string of the molecule is O=C(O)N1C[C@@H]2C[C@H]1CN2Cc1cccc(-c2ccnc3c(-c4cccc5[nH]ncc45)c(-c4ccncc4)nn23)c1. The van der Waals surface area contributed by atoms with Gasteiger partial charge in [-0.25, -0.2) is 14.3 Å². The highest BCUT2D eigenvalue weighted by molar-refractivity contribution is 6.02. The number of hydrogen-bond acceptors (Lipinski definition) is 6. The predicted molar refractivity (Wildman–Crippen MR) is 154 cm³/mol. The summed E-state index contributed by atoms with van der Waals surface area (Å²) in [6, 6.07) is 20.9. The van der Waals surface area contributed by atoms with Crippen molar-refractivity contribution in [3.8, 4) is 33.6 Å². The van der Waals surface area contributed by atoms with Crippen molar-refractivity contribution in [3.63, 3.8) is 0 Å². The van der Waals surface area contributed by atoms with Crippen molar-refractivity contribution in [3.05, 3.63) is 91.0 Å². The third-order valence-corrected chi connectivity index (χ3v) is 8.43. The zero-order chi connectivity index (χ0) is 27.5. The first-order chi connectivity index (χ1) is 20.1. The minimum absolute atomic E-state index is 0.0919. The van der Waals surface area contributed by atoms with Gasteiger partial charge in [0.1, 0.15) is 5.69 Å². The van der Waals surface area contributed by atoms with Crippen molar-refractivity contribution in [2.45, 2.75) is 25.0 Å². The largest absolute Gasteiger partial charge is 0.465 e. The molecule has 2 atom stereocenters. The number of H-pyrrole nitrogens is 1. The molecule has 0 radical (unpaired) electrons. The third kappa shape index (κ3) is 3.86. The van der Waals surface area contributed by atoms with Crippen LogP contribution in [-0.2, 0) is 6.54 Å². The number of nitrogens with one attached hydrogen (secondary N) is 1. The first-order valence-corrected chi connectivity index (χ1v) is 13.7. The molecule has 2 aliphatic heterocycles. The van der Waals surface area contributed by atoms with Crippen molar-refractivity contribution >= 4 is 22.6 Å². The van der Waals surface area contributed by atoms with E-state index >= 15 is 0 Å². The summed E-state index contributed by atoms with van der Waals surface area (Å²) >= 11 is 0. The molecule has 2 aliphatic rings. The average molecular weight is 543 g/mol. The van der Waals surface area contributed by atoms with E-state index in [0.717, 1.165) is 69.7 Å². The van der Waals surface area contributed by atoms with Gasteiger partial charge in [-0.1, -0.05) is 30.3 Å².